The van der Waals surface area contributed by atoms with Crippen LogP contribution in [0.4, 0.5) is 4.79 Å². The van der Waals surface area contributed by atoms with Gasteiger partial charge < -0.3 is 15.7 Å². The van der Waals surface area contributed by atoms with Crippen LogP contribution in [0.5, 0.6) is 0 Å². The lowest BCUT2D eigenvalue weighted by Gasteiger charge is -2.39. The fourth-order valence-corrected chi connectivity index (χ4v) is 4.43. The smallest absolute Gasteiger partial charge is 0.315 e. The molecule has 2 saturated carbocycles. The number of nitrogens with one attached hydrogen (secondary N) is 2. The van der Waals surface area contributed by atoms with Crippen LogP contribution in [0.2, 0.25) is 0 Å². The summed E-state index contributed by atoms with van der Waals surface area (Å²) in [7, 11) is 0. The number of carbonyl (C=O) groups excluding carboxylic acids is 1. The Bertz CT molecular complexity index is 512. The monoisotopic (exact) mass is 337 g/mol. The highest BCUT2D eigenvalue weighted by Crippen LogP contribution is 2.41. The standard InChI is InChI=1S/C17H27N3O2S/c1-17(11-21,13-5-3-2-4-6-13)20-16(22)19-14(12-7-8-12)15-18-9-10-23-15/h9-10,12-14,21H,2-8,11H2,1H3,(H2,19,20,22)/t14-,17-/m1/s1. The summed E-state index contributed by atoms with van der Waals surface area (Å²) in [5.74, 6) is 0.855. The van der Waals surface area contributed by atoms with Crippen molar-refractivity contribution < 1.29 is 9.90 Å². The van der Waals surface area contributed by atoms with Gasteiger partial charge in [0.1, 0.15) is 5.01 Å². The molecule has 0 aromatic carbocycles. The van der Waals surface area contributed by atoms with Gasteiger partial charge in [-0.25, -0.2) is 9.78 Å². The number of rotatable bonds is 6. The number of amides is 2. The van der Waals surface area contributed by atoms with E-state index in [0.29, 0.717) is 11.8 Å². The van der Waals surface area contributed by atoms with Gasteiger partial charge in [-0.2, -0.15) is 0 Å². The maximum Gasteiger partial charge on any atom is 0.315 e. The van der Waals surface area contributed by atoms with E-state index < -0.39 is 5.54 Å². The zero-order valence-corrected chi connectivity index (χ0v) is 14.6. The second-order valence-electron chi connectivity index (χ2n) is 7.19. The maximum absolute atomic E-state index is 12.5. The van der Waals surface area contributed by atoms with Gasteiger partial charge in [-0.1, -0.05) is 19.3 Å². The van der Waals surface area contributed by atoms with E-state index >= 15 is 0 Å². The summed E-state index contributed by atoms with van der Waals surface area (Å²) in [6.07, 6.45) is 9.87. The zero-order chi connectivity index (χ0) is 16.3. The van der Waals surface area contributed by atoms with Crippen molar-refractivity contribution in [2.45, 2.75) is 63.5 Å². The minimum absolute atomic E-state index is 0.00398. The van der Waals surface area contributed by atoms with Gasteiger partial charge in [-0.05, 0) is 44.4 Å². The van der Waals surface area contributed by atoms with Gasteiger partial charge >= 0.3 is 6.03 Å². The Morgan fingerprint density at radius 2 is 2.13 bits per heavy atom. The molecule has 0 aliphatic heterocycles. The molecule has 1 heterocycles. The van der Waals surface area contributed by atoms with Gasteiger partial charge in [0.25, 0.3) is 0 Å². The van der Waals surface area contributed by atoms with Crippen LogP contribution in [0.25, 0.3) is 0 Å². The second kappa shape index (κ2) is 7.18. The molecule has 0 spiro atoms. The molecule has 0 saturated heterocycles. The molecular weight excluding hydrogens is 310 g/mol. The Balaban J connectivity index is 1.62. The number of thiazole rings is 1. The summed E-state index contributed by atoms with van der Waals surface area (Å²) in [5, 5.41) is 19.0. The van der Waals surface area contributed by atoms with Gasteiger partial charge in [0.15, 0.2) is 0 Å². The largest absolute Gasteiger partial charge is 0.394 e. The minimum Gasteiger partial charge on any atom is -0.394 e. The van der Waals surface area contributed by atoms with Crippen molar-refractivity contribution in [1.82, 2.24) is 15.6 Å². The van der Waals surface area contributed by atoms with E-state index in [9.17, 15) is 9.90 Å². The summed E-state index contributed by atoms with van der Waals surface area (Å²) in [4.78, 5) is 16.9. The molecule has 2 amide bonds. The Hall–Kier alpha value is -1.14. The van der Waals surface area contributed by atoms with E-state index in [-0.39, 0.29) is 18.7 Å². The van der Waals surface area contributed by atoms with E-state index in [4.69, 9.17) is 0 Å². The second-order valence-corrected chi connectivity index (χ2v) is 8.12. The Morgan fingerprint density at radius 3 is 2.70 bits per heavy atom. The Kier molecular flexibility index (Phi) is 5.21. The highest BCUT2D eigenvalue weighted by molar-refractivity contribution is 7.09. The SMILES string of the molecule is C[C@](CO)(NC(=O)N[C@@H](c1nccs1)C1CC1)C1CCCCC1. The molecule has 23 heavy (non-hydrogen) atoms. The third kappa shape index (κ3) is 4.04. The van der Waals surface area contributed by atoms with E-state index in [1.165, 1.54) is 19.3 Å². The lowest BCUT2D eigenvalue weighted by atomic mass is 9.76. The topological polar surface area (TPSA) is 74.2 Å². The third-order valence-electron chi connectivity index (χ3n) is 5.33. The lowest BCUT2D eigenvalue weighted by molar-refractivity contribution is 0.100. The van der Waals surface area contributed by atoms with Gasteiger partial charge in [0.2, 0.25) is 0 Å². The number of hydrogen-bond acceptors (Lipinski definition) is 4. The highest BCUT2D eigenvalue weighted by atomic mass is 32.1. The van der Waals surface area contributed by atoms with Crippen molar-refractivity contribution in [1.29, 1.82) is 0 Å². The van der Waals surface area contributed by atoms with Gasteiger partial charge in [-0.3, -0.25) is 0 Å². The van der Waals surface area contributed by atoms with Crippen LogP contribution in [-0.4, -0.2) is 28.3 Å². The molecule has 1 aromatic heterocycles. The van der Waals surface area contributed by atoms with Crippen LogP contribution in [0, 0.1) is 11.8 Å². The summed E-state index contributed by atoms with van der Waals surface area (Å²) < 4.78 is 0. The number of urea groups is 1. The summed E-state index contributed by atoms with van der Waals surface area (Å²) in [6, 6.07) is -0.177. The van der Waals surface area contributed by atoms with Crippen molar-refractivity contribution in [3.05, 3.63) is 16.6 Å². The fourth-order valence-electron chi connectivity index (χ4n) is 3.65. The molecule has 2 fully saturated rings. The number of aliphatic hydroxyl groups excluding tert-OH is 1. The van der Waals surface area contributed by atoms with Crippen molar-refractivity contribution in [2.75, 3.05) is 6.61 Å². The van der Waals surface area contributed by atoms with Crippen molar-refractivity contribution in [3.63, 3.8) is 0 Å². The van der Waals surface area contributed by atoms with Crippen molar-refractivity contribution in [3.8, 4) is 0 Å². The molecule has 3 N–H and O–H groups in total. The first-order valence-electron chi connectivity index (χ1n) is 8.71. The quantitative estimate of drug-likeness (QED) is 0.746. The van der Waals surface area contributed by atoms with E-state index in [1.54, 1.807) is 17.5 Å². The van der Waals surface area contributed by atoms with Crippen LogP contribution in [0.1, 0.15) is 62.9 Å². The Morgan fingerprint density at radius 1 is 1.39 bits per heavy atom. The third-order valence-corrected chi connectivity index (χ3v) is 6.19. The van der Waals surface area contributed by atoms with Crippen LogP contribution in [0.15, 0.2) is 11.6 Å². The number of aromatic nitrogens is 1. The molecule has 2 aliphatic rings. The molecule has 2 aliphatic carbocycles. The van der Waals surface area contributed by atoms with Crippen LogP contribution in [0.3, 0.4) is 0 Å². The highest BCUT2D eigenvalue weighted by Gasteiger charge is 2.39. The van der Waals surface area contributed by atoms with Crippen molar-refractivity contribution in [2.24, 2.45) is 11.8 Å². The van der Waals surface area contributed by atoms with E-state index in [0.717, 1.165) is 30.7 Å². The molecule has 0 radical (unpaired) electrons. The molecule has 0 unspecified atom stereocenters. The lowest BCUT2D eigenvalue weighted by Crippen LogP contribution is -2.57. The molecular formula is C17H27N3O2S. The van der Waals surface area contributed by atoms with E-state index in [2.05, 4.69) is 15.6 Å². The molecule has 2 atom stereocenters. The number of hydrogen-bond donors (Lipinski definition) is 3. The predicted molar refractivity (Wildman–Crippen MR) is 91.3 cm³/mol. The normalized spacial score (nSPS) is 23.0. The van der Waals surface area contributed by atoms with E-state index in [1.807, 2.05) is 12.3 Å². The van der Waals surface area contributed by atoms with Crippen LogP contribution in [-0.2, 0) is 0 Å². The molecule has 3 rings (SSSR count). The first-order valence-corrected chi connectivity index (χ1v) is 9.59. The van der Waals surface area contributed by atoms with Crippen LogP contribution >= 0.6 is 11.3 Å². The van der Waals surface area contributed by atoms with Crippen molar-refractivity contribution >= 4 is 17.4 Å². The summed E-state index contributed by atoms with van der Waals surface area (Å²) >= 11 is 1.59. The molecule has 128 valence electrons. The summed E-state index contributed by atoms with van der Waals surface area (Å²) in [6.45, 7) is 1.95. The molecule has 1 aromatic rings. The Labute approximate surface area is 141 Å². The predicted octanol–water partition coefficient (Wildman–Crippen LogP) is 3.22. The van der Waals surface area contributed by atoms with Gasteiger partial charge in [-0.15, -0.1) is 11.3 Å². The molecule has 0 bridgehead atoms. The molecule has 6 heteroatoms. The average Bonchev–Trinajstić information content (AvgIpc) is 3.27. The number of carbonyl (C=O) groups is 1. The maximum atomic E-state index is 12.5. The van der Waals surface area contributed by atoms with Gasteiger partial charge in [0.05, 0.1) is 18.2 Å². The summed E-state index contributed by atoms with van der Waals surface area (Å²) in [5.41, 5.74) is -0.540. The first-order chi connectivity index (χ1) is 11.1. The van der Waals surface area contributed by atoms with Crippen LogP contribution < -0.4 is 10.6 Å². The number of nitrogens with zero attached hydrogens (tertiary/aromatic N) is 1. The minimum atomic E-state index is -0.540. The zero-order valence-electron chi connectivity index (χ0n) is 13.8. The fraction of sp³-hybridized carbons (Fsp3) is 0.765. The van der Waals surface area contributed by atoms with Gasteiger partial charge in [0, 0.05) is 11.6 Å². The number of aliphatic hydroxyl groups is 1. The first kappa shape index (κ1) is 16.7. The average molecular weight is 337 g/mol. The molecule has 5 nitrogen and oxygen atoms in total.